The van der Waals surface area contributed by atoms with Gasteiger partial charge in [-0.3, -0.25) is 0 Å². The topological polar surface area (TPSA) is 61.7 Å². The number of ether oxygens (including phenoxy) is 1. The van der Waals surface area contributed by atoms with Gasteiger partial charge in [-0.15, -0.1) is 0 Å². The highest BCUT2D eigenvalue weighted by molar-refractivity contribution is 9.10. The molecule has 0 radical (unpaired) electrons. The second kappa shape index (κ2) is 4.37. The summed E-state index contributed by atoms with van der Waals surface area (Å²) in [6.07, 6.45) is 0. The number of methoxy groups -OCH3 is 1. The van der Waals surface area contributed by atoms with Gasteiger partial charge in [-0.05, 0) is 40.2 Å². The molecule has 16 heavy (non-hydrogen) atoms. The van der Waals surface area contributed by atoms with Crippen molar-refractivity contribution in [3.63, 3.8) is 0 Å². The summed E-state index contributed by atoms with van der Waals surface area (Å²) in [5.41, 5.74) is 1.26. The molecule has 0 bridgehead atoms. The fraction of sp³-hybridized carbons (Fsp3) is 0.0909. The van der Waals surface area contributed by atoms with E-state index >= 15 is 0 Å². The first-order chi connectivity index (χ1) is 7.74. The summed E-state index contributed by atoms with van der Waals surface area (Å²) in [6, 6.07) is 9.44. The first-order valence-corrected chi connectivity index (χ1v) is 5.34. The van der Waals surface area contributed by atoms with Crippen molar-refractivity contribution in [1.29, 1.82) is 5.26 Å². The third kappa shape index (κ3) is 1.92. The average Bonchev–Trinajstić information content (AvgIpc) is 2.71. The molecule has 2 rings (SSSR count). The lowest BCUT2D eigenvalue weighted by Crippen LogP contribution is -1.84. The van der Waals surface area contributed by atoms with Gasteiger partial charge >= 0.3 is 0 Å². The average molecular weight is 278 g/mol. The van der Waals surface area contributed by atoms with E-state index in [1.54, 1.807) is 7.11 Å². The van der Waals surface area contributed by atoms with E-state index in [4.69, 9.17) is 10.00 Å². The smallest absolute Gasteiger partial charge is 0.173 e. The molecule has 0 fully saturated rings. The van der Waals surface area contributed by atoms with Crippen molar-refractivity contribution in [3.05, 3.63) is 34.6 Å². The molecule has 0 aliphatic rings. The van der Waals surface area contributed by atoms with Gasteiger partial charge in [-0.1, -0.05) is 0 Å². The van der Waals surface area contributed by atoms with Crippen LogP contribution in [0.15, 0.2) is 28.9 Å². The Morgan fingerprint density at radius 2 is 2.06 bits per heavy atom. The number of imidazole rings is 1. The van der Waals surface area contributed by atoms with Crippen LogP contribution >= 0.6 is 15.9 Å². The summed E-state index contributed by atoms with van der Waals surface area (Å²) in [7, 11) is 1.62. The molecule has 0 saturated heterocycles. The third-order valence-electron chi connectivity index (χ3n) is 2.13. The van der Waals surface area contributed by atoms with Crippen LogP contribution in [-0.4, -0.2) is 17.1 Å². The van der Waals surface area contributed by atoms with Crippen LogP contribution in [0.25, 0.3) is 11.4 Å². The minimum atomic E-state index is 0.353. The van der Waals surface area contributed by atoms with Crippen LogP contribution < -0.4 is 4.74 Å². The predicted octanol–water partition coefficient (Wildman–Crippen LogP) is 2.72. The van der Waals surface area contributed by atoms with Gasteiger partial charge in [-0.25, -0.2) is 4.98 Å². The van der Waals surface area contributed by atoms with Gasteiger partial charge in [0.1, 0.15) is 22.2 Å². The first kappa shape index (κ1) is 10.7. The summed E-state index contributed by atoms with van der Waals surface area (Å²) in [4.78, 5) is 7.14. The van der Waals surface area contributed by atoms with Crippen molar-refractivity contribution >= 4 is 15.9 Å². The summed E-state index contributed by atoms with van der Waals surface area (Å²) in [5, 5.41) is 8.78. The lowest BCUT2D eigenvalue weighted by molar-refractivity contribution is 0.415. The van der Waals surface area contributed by atoms with E-state index in [0.717, 1.165) is 11.3 Å². The molecule has 0 unspecified atom stereocenters. The lowest BCUT2D eigenvalue weighted by atomic mass is 10.2. The second-order valence-electron chi connectivity index (χ2n) is 3.09. The zero-order valence-corrected chi connectivity index (χ0v) is 10.1. The van der Waals surface area contributed by atoms with Gasteiger partial charge in [0.25, 0.3) is 0 Å². The molecule has 5 heteroatoms. The molecule has 0 saturated carbocycles. The maximum atomic E-state index is 8.78. The highest BCUT2D eigenvalue weighted by atomic mass is 79.9. The first-order valence-electron chi connectivity index (χ1n) is 4.54. The van der Waals surface area contributed by atoms with Gasteiger partial charge in [-0.2, -0.15) is 5.26 Å². The van der Waals surface area contributed by atoms with E-state index in [2.05, 4.69) is 25.9 Å². The van der Waals surface area contributed by atoms with E-state index in [1.165, 1.54) is 0 Å². The molecular formula is C11H8BrN3O. The van der Waals surface area contributed by atoms with Crippen LogP contribution in [0.3, 0.4) is 0 Å². The number of halogens is 1. The standard InChI is InChI=1S/C11H8BrN3O/c1-16-8-4-2-7(3-5-8)11-14-9(6-13)10(12)15-11/h2-5H,1H3,(H,14,15). The minimum Gasteiger partial charge on any atom is -0.497 e. The molecule has 1 heterocycles. The van der Waals surface area contributed by atoms with Gasteiger partial charge in [0.05, 0.1) is 7.11 Å². The van der Waals surface area contributed by atoms with Gasteiger partial charge < -0.3 is 9.72 Å². The van der Waals surface area contributed by atoms with Gasteiger partial charge in [0, 0.05) is 5.56 Å². The summed E-state index contributed by atoms with van der Waals surface area (Å²) >= 11 is 3.24. The number of aromatic nitrogens is 2. The number of hydrogen-bond donors (Lipinski definition) is 1. The predicted molar refractivity (Wildman–Crippen MR) is 63.0 cm³/mol. The van der Waals surface area contributed by atoms with Crippen molar-refractivity contribution in [1.82, 2.24) is 9.97 Å². The maximum absolute atomic E-state index is 8.78. The monoisotopic (exact) mass is 277 g/mol. The normalized spacial score (nSPS) is 9.81. The molecule has 1 N–H and O–H groups in total. The van der Waals surface area contributed by atoms with Crippen LogP contribution in [0, 0.1) is 11.3 Å². The number of H-pyrrole nitrogens is 1. The third-order valence-corrected chi connectivity index (χ3v) is 2.70. The summed E-state index contributed by atoms with van der Waals surface area (Å²) in [5.74, 6) is 1.45. The molecule has 2 aromatic rings. The Hall–Kier alpha value is -1.80. The zero-order valence-electron chi connectivity index (χ0n) is 8.49. The number of rotatable bonds is 2. The van der Waals surface area contributed by atoms with E-state index in [-0.39, 0.29) is 0 Å². The van der Waals surface area contributed by atoms with Crippen molar-refractivity contribution in [2.45, 2.75) is 0 Å². The fourth-order valence-corrected chi connectivity index (χ4v) is 1.68. The molecule has 0 spiro atoms. The molecule has 4 nitrogen and oxygen atoms in total. The van der Waals surface area contributed by atoms with E-state index < -0.39 is 0 Å². The Balaban J connectivity index is 2.39. The molecule has 80 valence electrons. The van der Waals surface area contributed by atoms with Crippen LogP contribution in [0.2, 0.25) is 0 Å². The Kier molecular flexibility index (Phi) is 2.93. The molecule has 0 atom stereocenters. The second-order valence-corrected chi connectivity index (χ2v) is 3.88. The molecule has 1 aromatic heterocycles. The Morgan fingerprint density at radius 3 is 2.56 bits per heavy atom. The van der Waals surface area contributed by atoms with Crippen LogP contribution in [0.4, 0.5) is 0 Å². The zero-order chi connectivity index (χ0) is 11.5. The molecule has 0 aliphatic heterocycles. The number of nitrogens with zero attached hydrogens (tertiary/aromatic N) is 2. The quantitative estimate of drug-likeness (QED) is 0.918. The summed E-state index contributed by atoms with van der Waals surface area (Å²) in [6.45, 7) is 0. The number of nitriles is 1. The highest BCUT2D eigenvalue weighted by Gasteiger charge is 2.08. The van der Waals surface area contributed by atoms with Gasteiger partial charge in [0.2, 0.25) is 0 Å². The van der Waals surface area contributed by atoms with E-state index in [0.29, 0.717) is 16.1 Å². The Bertz CT molecular complexity index is 539. The SMILES string of the molecule is COc1ccc(-c2nc(C#N)c(Br)[nH]2)cc1. The highest BCUT2D eigenvalue weighted by Crippen LogP contribution is 2.23. The lowest BCUT2D eigenvalue weighted by Gasteiger charge is -2.00. The Morgan fingerprint density at radius 1 is 1.38 bits per heavy atom. The van der Waals surface area contributed by atoms with E-state index in [1.807, 2.05) is 30.3 Å². The van der Waals surface area contributed by atoms with Gasteiger partial charge in [0.15, 0.2) is 5.69 Å². The largest absolute Gasteiger partial charge is 0.497 e. The van der Waals surface area contributed by atoms with Crippen molar-refractivity contribution in [3.8, 4) is 23.2 Å². The Labute approximate surface area is 101 Å². The number of benzene rings is 1. The van der Waals surface area contributed by atoms with E-state index in [9.17, 15) is 0 Å². The van der Waals surface area contributed by atoms with Crippen LogP contribution in [0.1, 0.15) is 5.69 Å². The number of nitrogens with one attached hydrogen (secondary N) is 1. The number of aromatic amines is 1. The fourth-order valence-electron chi connectivity index (χ4n) is 1.31. The van der Waals surface area contributed by atoms with Crippen molar-refractivity contribution < 1.29 is 4.74 Å². The van der Waals surface area contributed by atoms with Crippen LogP contribution in [-0.2, 0) is 0 Å². The minimum absolute atomic E-state index is 0.353. The van der Waals surface area contributed by atoms with Crippen LogP contribution in [0.5, 0.6) is 5.75 Å². The summed E-state index contributed by atoms with van der Waals surface area (Å²) < 4.78 is 5.66. The molecular weight excluding hydrogens is 270 g/mol. The van der Waals surface area contributed by atoms with Crippen molar-refractivity contribution in [2.24, 2.45) is 0 Å². The van der Waals surface area contributed by atoms with Crippen molar-refractivity contribution in [2.75, 3.05) is 7.11 Å². The molecule has 1 aromatic carbocycles. The maximum Gasteiger partial charge on any atom is 0.173 e. The molecule has 0 aliphatic carbocycles. The number of hydrogen-bond acceptors (Lipinski definition) is 3. The molecule has 0 amide bonds.